The Bertz CT molecular complexity index is 2230. The number of anilines is 6. The maximum Gasteiger partial charge on any atom is 0.197 e. The van der Waals surface area contributed by atoms with E-state index in [0.717, 1.165) is 6.42 Å². The molecule has 215 valence electrons. The Labute approximate surface area is 270 Å². The van der Waals surface area contributed by atoms with E-state index in [4.69, 9.17) is 0 Å². The van der Waals surface area contributed by atoms with Crippen molar-refractivity contribution in [3.05, 3.63) is 137 Å². The first-order valence-electron chi connectivity index (χ1n) is 15.7. The van der Waals surface area contributed by atoms with Crippen LogP contribution < -0.4 is 20.7 Å². The molecule has 2 heterocycles. The molecule has 45 heavy (non-hydrogen) atoms. The lowest BCUT2D eigenvalue weighted by Gasteiger charge is -2.38. The van der Waals surface area contributed by atoms with Gasteiger partial charge in [0, 0.05) is 37.9 Å². The molecule has 2 nitrogen and oxygen atoms in total. The van der Waals surface area contributed by atoms with Gasteiger partial charge in [0.15, 0.2) is 7.28 Å². The van der Waals surface area contributed by atoms with Crippen LogP contribution >= 0.6 is 11.8 Å². The van der Waals surface area contributed by atoms with E-state index < -0.39 is 0 Å². The molecule has 0 N–H and O–H groups in total. The van der Waals surface area contributed by atoms with Gasteiger partial charge in [-0.1, -0.05) is 77.3 Å². The van der Waals surface area contributed by atoms with E-state index in [1.54, 1.807) is 0 Å². The predicted molar refractivity (Wildman–Crippen MR) is 194 cm³/mol. The van der Waals surface area contributed by atoms with Crippen LogP contribution in [0.3, 0.4) is 0 Å². The number of benzene rings is 6. The van der Waals surface area contributed by atoms with Crippen LogP contribution in [0.4, 0.5) is 34.1 Å². The SMILES string of the molecule is Cc1cc(C)cc(N2c3ccccc3[B]c3c2cc2c4c(cc5c2c3C=CC5)N(c2cc(C)cc(C)c2)c2ccccc2S4)c1. The first-order valence-corrected chi connectivity index (χ1v) is 16.6. The number of fused-ring (bicyclic) bond motifs is 6. The van der Waals surface area contributed by atoms with Crippen molar-refractivity contribution in [2.45, 2.75) is 43.9 Å². The van der Waals surface area contributed by atoms with E-state index in [1.165, 1.54) is 99.0 Å². The molecule has 1 aliphatic carbocycles. The van der Waals surface area contributed by atoms with Crippen LogP contribution in [0.1, 0.15) is 33.4 Å². The van der Waals surface area contributed by atoms with E-state index in [-0.39, 0.29) is 0 Å². The minimum Gasteiger partial charge on any atom is -0.312 e. The highest BCUT2D eigenvalue weighted by Gasteiger charge is 2.33. The molecular formula is C41H32BN2S. The lowest BCUT2D eigenvalue weighted by Crippen LogP contribution is -2.41. The number of rotatable bonds is 2. The molecule has 4 heteroatoms. The highest BCUT2D eigenvalue weighted by atomic mass is 32.2. The van der Waals surface area contributed by atoms with Crippen LogP contribution in [0.25, 0.3) is 16.8 Å². The van der Waals surface area contributed by atoms with Crippen molar-refractivity contribution in [2.24, 2.45) is 0 Å². The summed E-state index contributed by atoms with van der Waals surface area (Å²) in [4.78, 5) is 7.60. The van der Waals surface area contributed by atoms with Crippen LogP contribution in [-0.2, 0) is 6.42 Å². The van der Waals surface area contributed by atoms with Crippen LogP contribution in [0, 0.1) is 27.7 Å². The minimum absolute atomic E-state index is 0.930. The summed E-state index contributed by atoms with van der Waals surface area (Å²) in [6, 6.07) is 36.5. The van der Waals surface area contributed by atoms with E-state index in [9.17, 15) is 0 Å². The fraction of sp³-hybridized carbons (Fsp3) is 0.122. The van der Waals surface area contributed by atoms with Gasteiger partial charge in [-0.25, -0.2) is 0 Å². The molecule has 1 radical (unpaired) electrons. The van der Waals surface area contributed by atoms with E-state index in [2.05, 4.69) is 154 Å². The van der Waals surface area contributed by atoms with Crippen molar-refractivity contribution >= 4 is 80.9 Å². The van der Waals surface area contributed by atoms with Crippen LogP contribution in [0.15, 0.2) is 113 Å². The molecule has 2 aliphatic heterocycles. The van der Waals surface area contributed by atoms with Gasteiger partial charge in [-0.2, -0.15) is 0 Å². The third kappa shape index (κ3) is 4.12. The summed E-state index contributed by atoms with van der Waals surface area (Å²) >= 11 is 1.91. The summed E-state index contributed by atoms with van der Waals surface area (Å²) in [5.74, 6) is 0. The minimum atomic E-state index is 0.930. The van der Waals surface area contributed by atoms with Gasteiger partial charge < -0.3 is 9.80 Å². The van der Waals surface area contributed by atoms with Gasteiger partial charge >= 0.3 is 0 Å². The summed E-state index contributed by atoms with van der Waals surface area (Å²) in [6.07, 6.45) is 5.65. The highest BCUT2D eigenvalue weighted by molar-refractivity contribution is 8.00. The first kappa shape index (κ1) is 26.7. The van der Waals surface area contributed by atoms with Gasteiger partial charge in [0.1, 0.15) is 0 Å². The molecule has 9 rings (SSSR count). The largest absolute Gasteiger partial charge is 0.312 e. The van der Waals surface area contributed by atoms with E-state index in [1.807, 2.05) is 11.8 Å². The number of nitrogens with zero attached hydrogens (tertiary/aromatic N) is 2. The molecule has 0 bridgehead atoms. The summed E-state index contributed by atoms with van der Waals surface area (Å²) in [5, 5.41) is 2.72. The standard InChI is InChI=1S/C41H32BN2S/c1-24-16-25(2)19-29(18-24)43-34-13-6-5-12-33(34)42-40-31-11-9-10-28-22-37-41(32(39(28)31)23-36(40)43)45-38-15-8-7-14-35(38)44(37)30-20-26(3)17-27(4)21-30/h5-9,11-23H,10H2,1-4H3. The van der Waals surface area contributed by atoms with E-state index >= 15 is 0 Å². The Balaban J connectivity index is 1.37. The number of para-hydroxylation sites is 2. The fourth-order valence-corrected chi connectivity index (χ4v) is 8.86. The molecule has 0 saturated heterocycles. The van der Waals surface area contributed by atoms with Crippen LogP contribution in [0.5, 0.6) is 0 Å². The highest BCUT2D eigenvalue weighted by Crippen LogP contribution is 2.56. The third-order valence-corrected chi connectivity index (χ3v) is 10.5. The van der Waals surface area contributed by atoms with Gasteiger partial charge in [-0.15, -0.1) is 0 Å². The lowest BCUT2D eigenvalue weighted by molar-refractivity contribution is 1.15. The molecule has 0 spiro atoms. The van der Waals surface area contributed by atoms with Crippen molar-refractivity contribution < 1.29 is 0 Å². The average molecular weight is 596 g/mol. The number of hydrogen-bond donors (Lipinski definition) is 0. The summed E-state index contributed by atoms with van der Waals surface area (Å²) in [6.45, 7) is 8.80. The molecule has 0 unspecified atom stereocenters. The zero-order chi connectivity index (χ0) is 30.4. The van der Waals surface area contributed by atoms with Crippen LogP contribution in [-0.4, -0.2) is 7.28 Å². The molecule has 0 amide bonds. The molecule has 0 aromatic heterocycles. The molecule has 3 aliphatic rings. The maximum atomic E-state index is 2.50. The predicted octanol–water partition coefficient (Wildman–Crippen LogP) is 10.0. The number of allylic oxidation sites excluding steroid dienone is 1. The van der Waals surface area contributed by atoms with Crippen molar-refractivity contribution in [3.8, 4) is 0 Å². The lowest BCUT2D eigenvalue weighted by atomic mass is 9.58. The summed E-state index contributed by atoms with van der Waals surface area (Å²) in [7, 11) is 2.40. The smallest absolute Gasteiger partial charge is 0.197 e. The molecule has 0 saturated carbocycles. The molecule has 0 fully saturated rings. The third-order valence-electron chi connectivity index (χ3n) is 9.32. The molecular weight excluding hydrogens is 563 g/mol. The molecule has 6 aromatic rings. The summed E-state index contributed by atoms with van der Waals surface area (Å²) < 4.78 is 0. The zero-order valence-corrected chi connectivity index (χ0v) is 26.8. The molecule has 6 aromatic carbocycles. The van der Waals surface area contributed by atoms with E-state index in [0.29, 0.717) is 0 Å². The van der Waals surface area contributed by atoms with Gasteiger partial charge in [-0.05, 0) is 127 Å². The Morgan fingerprint density at radius 1 is 0.622 bits per heavy atom. The second-order valence-corrected chi connectivity index (χ2v) is 13.8. The normalized spacial score (nSPS) is 14.0. The Kier molecular flexibility index (Phi) is 5.89. The van der Waals surface area contributed by atoms with Crippen molar-refractivity contribution in [3.63, 3.8) is 0 Å². The van der Waals surface area contributed by atoms with Gasteiger partial charge in [0.05, 0.1) is 11.4 Å². The Morgan fingerprint density at radius 2 is 1.24 bits per heavy atom. The second-order valence-electron chi connectivity index (χ2n) is 12.8. The quantitative estimate of drug-likeness (QED) is 0.184. The van der Waals surface area contributed by atoms with Crippen LogP contribution in [0.2, 0.25) is 0 Å². The Morgan fingerprint density at radius 3 is 1.96 bits per heavy atom. The fourth-order valence-electron chi connectivity index (χ4n) is 7.70. The van der Waals surface area contributed by atoms with Crippen molar-refractivity contribution in [1.82, 2.24) is 0 Å². The first-order chi connectivity index (χ1) is 21.9. The average Bonchev–Trinajstić information content (AvgIpc) is 3.02. The number of hydrogen-bond acceptors (Lipinski definition) is 3. The number of aryl methyl sites for hydroxylation is 4. The van der Waals surface area contributed by atoms with Crippen molar-refractivity contribution in [2.75, 3.05) is 9.80 Å². The molecule has 0 atom stereocenters. The second kappa shape index (κ2) is 9.92. The summed E-state index contributed by atoms with van der Waals surface area (Å²) in [5.41, 5.74) is 17.8. The topological polar surface area (TPSA) is 6.48 Å². The van der Waals surface area contributed by atoms with Gasteiger partial charge in [0.25, 0.3) is 0 Å². The Hall–Kier alpha value is -4.67. The van der Waals surface area contributed by atoms with Crippen molar-refractivity contribution in [1.29, 1.82) is 0 Å². The van der Waals surface area contributed by atoms with Gasteiger partial charge in [0.2, 0.25) is 0 Å². The monoisotopic (exact) mass is 595 g/mol. The van der Waals surface area contributed by atoms with Gasteiger partial charge in [-0.3, -0.25) is 0 Å². The maximum absolute atomic E-state index is 2.50. The zero-order valence-electron chi connectivity index (χ0n) is 26.0.